The molecule has 5 heteroatoms. The molecule has 2 N–H and O–H groups in total. The highest BCUT2D eigenvalue weighted by Gasteiger charge is 2.05. The van der Waals surface area contributed by atoms with Crippen molar-refractivity contribution in [2.45, 2.75) is 13.5 Å². The summed E-state index contributed by atoms with van der Waals surface area (Å²) < 4.78 is 7.43. The van der Waals surface area contributed by atoms with Gasteiger partial charge < -0.3 is 10.5 Å². The summed E-state index contributed by atoms with van der Waals surface area (Å²) in [4.78, 5) is 4.11. The topological polar surface area (TPSA) is 66.0 Å². The van der Waals surface area contributed by atoms with E-state index >= 15 is 0 Å². The molecule has 0 radical (unpaired) electrons. The van der Waals surface area contributed by atoms with Crippen LogP contribution >= 0.6 is 0 Å². The number of hydrogen-bond acceptors (Lipinski definition) is 4. The van der Waals surface area contributed by atoms with E-state index in [4.69, 9.17) is 10.5 Å². The molecular formula is C14H16N4O. The fourth-order valence-corrected chi connectivity index (χ4v) is 1.61. The van der Waals surface area contributed by atoms with E-state index in [9.17, 15) is 0 Å². The van der Waals surface area contributed by atoms with Gasteiger partial charge in [-0.2, -0.15) is 5.10 Å². The summed E-state index contributed by atoms with van der Waals surface area (Å²) >= 11 is 0. The Hall–Kier alpha value is -2.32. The lowest BCUT2D eigenvalue weighted by Gasteiger charge is -2.08. The zero-order chi connectivity index (χ0) is 13.7. The van der Waals surface area contributed by atoms with Gasteiger partial charge >= 0.3 is 0 Å². The molecule has 0 amide bonds. The van der Waals surface area contributed by atoms with Gasteiger partial charge in [0.2, 0.25) is 0 Å². The summed E-state index contributed by atoms with van der Waals surface area (Å²) in [6.07, 6.45) is 1.50. The van der Waals surface area contributed by atoms with Gasteiger partial charge in [-0.25, -0.2) is 4.98 Å². The normalized spacial score (nSPS) is 9.84. The van der Waals surface area contributed by atoms with Crippen LogP contribution in [0.3, 0.4) is 0 Å². The zero-order valence-corrected chi connectivity index (χ0v) is 11.1. The number of nitrogens with zero attached hydrogens (tertiary/aromatic N) is 3. The highest BCUT2D eigenvalue weighted by molar-refractivity contribution is 5.48. The molecule has 98 valence electrons. The lowest BCUT2D eigenvalue weighted by Crippen LogP contribution is -2.05. The van der Waals surface area contributed by atoms with Crippen LogP contribution in [-0.2, 0) is 13.7 Å². The van der Waals surface area contributed by atoms with Crippen LogP contribution in [0.5, 0.6) is 5.75 Å². The number of rotatable bonds is 3. The Morgan fingerprint density at radius 2 is 2.26 bits per heavy atom. The van der Waals surface area contributed by atoms with Crippen LogP contribution < -0.4 is 10.5 Å². The summed E-state index contributed by atoms with van der Waals surface area (Å²) in [6, 6.07) is 5.88. The zero-order valence-electron chi connectivity index (χ0n) is 11.1. The van der Waals surface area contributed by atoms with E-state index in [-0.39, 0.29) is 0 Å². The number of aromatic nitrogens is 3. The highest BCUT2D eigenvalue weighted by atomic mass is 16.5. The summed E-state index contributed by atoms with van der Waals surface area (Å²) in [5.41, 5.74) is 7.37. The average Bonchev–Trinajstić information content (AvgIpc) is 2.81. The van der Waals surface area contributed by atoms with Crippen molar-refractivity contribution in [1.29, 1.82) is 0 Å². The number of ether oxygens (including phenoxy) is 1. The van der Waals surface area contributed by atoms with Gasteiger partial charge in [-0.3, -0.25) is 4.68 Å². The van der Waals surface area contributed by atoms with Crippen molar-refractivity contribution in [1.82, 2.24) is 14.8 Å². The molecular weight excluding hydrogens is 240 g/mol. The molecule has 0 aliphatic heterocycles. The molecule has 5 nitrogen and oxygen atoms in total. The molecule has 0 bridgehead atoms. The van der Waals surface area contributed by atoms with Gasteiger partial charge in [0.25, 0.3) is 0 Å². The first kappa shape index (κ1) is 13.1. The second-order valence-electron chi connectivity index (χ2n) is 4.09. The van der Waals surface area contributed by atoms with E-state index in [1.165, 1.54) is 6.33 Å². The Bertz CT molecular complexity index is 622. The van der Waals surface area contributed by atoms with Crippen LogP contribution in [0.15, 0.2) is 24.5 Å². The van der Waals surface area contributed by atoms with Crippen molar-refractivity contribution in [3.63, 3.8) is 0 Å². The number of aryl methyl sites for hydroxylation is 2. The number of benzene rings is 1. The van der Waals surface area contributed by atoms with Crippen molar-refractivity contribution >= 4 is 0 Å². The second-order valence-corrected chi connectivity index (χ2v) is 4.09. The SMILES string of the molecule is Cc1ccc(OCc2ncnn2C)c(C#CCN)c1. The Morgan fingerprint density at radius 1 is 1.42 bits per heavy atom. The minimum Gasteiger partial charge on any atom is -0.484 e. The van der Waals surface area contributed by atoms with Gasteiger partial charge in [0.05, 0.1) is 12.1 Å². The summed E-state index contributed by atoms with van der Waals surface area (Å²) in [5.74, 6) is 7.35. The molecule has 1 heterocycles. The van der Waals surface area contributed by atoms with Crippen LogP contribution in [0.1, 0.15) is 17.0 Å². The van der Waals surface area contributed by atoms with E-state index in [0.717, 1.165) is 22.7 Å². The number of nitrogens with two attached hydrogens (primary N) is 1. The van der Waals surface area contributed by atoms with Gasteiger partial charge in [0.15, 0.2) is 5.82 Å². The van der Waals surface area contributed by atoms with Crippen LogP contribution in [0.4, 0.5) is 0 Å². The van der Waals surface area contributed by atoms with E-state index in [1.807, 2.05) is 32.2 Å². The summed E-state index contributed by atoms with van der Waals surface area (Å²) in [7, 11) is 1.83. The maximum Gasteiger partial charge on any atom is 0.164 e. The second kappa shape index (κ2) is 6.03. The largest absolute Gasteiger partial charge is 0.484 e. The Balaban J connectivity index is 2.17. The van der Waals surface area contributed by atoms with E-state index in [1.54, 1.807) is 4.68 Å². The molecule has 0 saturated carbocycles. The van der Waals surface area contributed by atoms with Crippen LogP contribution in [-0.4, -0.2) is 21.3 Å². The molecule has 1 aromatic heterocycles. The monoisotopic (exact) mass is 256 g/mol. The third kappa shape index (κ3) is 3.33. The molecule has 0 spiro atoms. The summed E-state index contributed by atoms with van der Waals surface area (Å²) in [6.45, 7) is 2.70. The van der Waals surface area contributed by atoms with Gasteiger partial charge in [0.1, 0.15) is 18.7 Å². The fourth-order valence-electron chi connectivity index (χ4n) is 1.61. The van der Waals surface area contributed by atoms with Crippen LogP contribution in [0, 0.1) is 18.8 Å². The van der Waals surface area contributed by atoms with Crippen molar-refractivity contribution in [2.75, 3.05) is 6.54 Å². The molecule has 1 aromatic carbocycles. The molecule has 0 atom stereocenters. The molecule has 2 rings (SSSR count). The molecule has 0 aliphatic carbocycles. The third-order valence-corrected chi connectivity index (χ3v) is 2.62. The molecule has 2 aromatic rings. The fraction of sp³-hybridized carbons (Fsp3) is 0.286. The summed E-state index contributed by atoms with van der Waals surface area (Å²) in [5, 5.41) is 4.00. The predicted molar refractivity (Wildman–Crippen MR) is 72.4 cm³/mol. The molecule has 0 fully saturated rings. The standard InChI is InChI=1S/C14H16N4O/c1-11-5-6-13(12(8-11)4-3-7-15)19-9-14-16-10-17-18(14)2/h5-6,8,10H,7,9,15H2,1-2H3. The van der Waals surface area contributed by atoms with Gasteiger partial charge in [0, 0.05) is 7.05 Å². The maximum atomic E-state index is 5.75. The lowest BCUT2D eigenvalue weighted by molar-refractivity contribution is 0.289. The van der Waals surface area contributed by atoms with E-state index in [0.29, 0.717) is 13.2 Å². The third-order valence-electron chi connectivity index (χ3n) is 2.62. The number of hydrogen-bond donors (Lipinski definition) is 1. The smallest absolute Gasteiger partial charge is 0.164 e. The first-order chi connectivity index (χ1) is 9.20. The maximum absolute atomic E-state index is 5.75. The van der Waals surface area contributed by atoms with Crippen LogP contribution in [0.2, 0.25) is 0 Å². The quantitative estimate of drug-likeness (QED) is 0.832. The van der Waals surface area contributed by atoms with Gasteiger partial charge in [-0.05, 0) is 24.6 Å². The predicted octanol–water partition coefficient (Wildman–Crippen LogP) is 1.01. The van der Waals surface area contributed by atoms with E-state index < -0.39 is 0 Å². The highest BCUT2D eigenvalue weighted by Crippen LogP contribution is 2.20. The first-order valence-electron chi connectivity index (χ1n) is 5.96. The first-order valence-corrected chi connectivity index (χ1v) is 5.96. The van der Waals surface area contributed by atoms with Gasteiger partial charge in [-0.15, -0.1) is 0 Å². The van der Waals surface area contributed by atoms with E-state index in [2.05, 4.69) is 21.9 Å². The Labute approximate surface area is 112 Å². The lowest BCUT2D eigenvalue weighted by atomic mass is 10.1. The minimum atomic E-state index is 0.330. The van der Waals surface area contributed by atoms with Crippen molar-refractivity contribution in [3.05, 3.63) is 41.5 Å². The molecule has 0 unspecified atom stereocenters. The Morgan fingerprint density at radius 3 is 2.95 bits per heavy atom. The molecule has 0 saturated heterocycles. The Kier molecular flexibility index (Phi) is 4.16. The molecule has 0 aliphatic rings. The average molecular weight is 256 g/mol. The molecule has 19 heavy (non-hydrogen) atoms. The van der Waals surface area contributed by atoms with Crippen LogP contribution in [0.25, 0.3) is 0 Å². The minimum absolute atomic E-state index is 0.330. The van der Waals surface area contributed by atoms with Crippen molar-refractivity contribution < 1.29 is 4.74 Å². The van der Waals surface area contributed by atoms with Gasteiger partial charge in [-0.1, -0.05) is 17.9 Å². The van der Waals surface area contributed by atoms with Crippen molar-refractivity contribution in [2.24, 2.45) is 12.8 Å². The van der Waals surface area contributed by atoms with Crippen molar-refractivity contribution in [3.8, 4) is 17.6 Å².